The van der Waals surface area contributed by atoms with Crippen LogP contribution in [0.1, 0.15) is 24.8 Å². The lowest BCUT2D eigenvalue weighted by atomic mass is 10.1. The lowest BCUT2D eigenvalue weighted by Gasteiger charge is -2.13. The van der Waals surface area contributed by atoms with Gasteiger partial charge in [-0.1, -0.05) is 42.5 Å². The van der Waals surface area contributed by atoms with Gasteiger partial charge in [-0.3, -0.25) is 9.59 Å². The van der Waals surface area contributed by atoms with Crippen molar-refractivity contribution >= 4 is 17.9 Å². The Bertz CT molecular complexity index is 478. The Labute approximate surface area is 112 Å². The third-order valence-corrected chi connectivity index (χ3v) is 3.09. The molecule has 1 atom stereocenters. The summed E-state index contributed by atoms with van der Waals surface area (Å²) in [6, 6.07) is 9.16. The lowest BCUT2D eigenvalue weighted by molar-refractivity contribution is -0.128. The molecule has 4 nitrogen and oxygen atoms in total. The molecule has 2 amide bonds. The molecule has 0 aromatic heterocycles. The Hall–Kier alpha value is -2.10. The molecule has 0 spiro atoms. The summed E-state index contributed by atoms with van der Waals surface area (Å²) in [5, 5.41) is 2.70. The molecule has 1 fully saturated rings. The normalized spacial score (nSPS) is 16.2. The van der Waals surface area contributed by atoms with E-state index >= 15 is 0 Å². The summed E-state index contributed by atoms with van der Waals surface area (Å²) in [5.74, 6) is -0.469. The zero-order valence-electron chi connectivity index (χ0n) is 10.7. The molecule has 4 heteroatoms. The summed E-state index contributed by atoms with van der Waals surface area (Å²) in [7, 11) is 0. The predicted octanol–water partition coefficient (Wildman–Crippen LogP) is 1.47. The van der Waals surface area contributed by atoms with Gasteiger partial charge in [0.15, 0.2) is 0 Å². The summed E-state index contributed by atoms with van der Waals surface area (Å²) < 4.78 is 0. The second kappa shape index (κ2) is 6.18. The van der Waals surface area contributed by atoms with Crippen LogP contribution in [0, 0.1) is 5.92 Å². The number of nitrogens with one attached hydrogen (secondary N) is 1. The highest BCUT2D eigenvalue weighted by atomic mass is 16.2. The monoisotopic (exact) mass is 258 g/mol. The van der Waals surface area contributed by atoms with Crippen molar-refractivity contribution < 1.29 is 9.59 Å². The van der Waals surface area contributed by atoms with Crippen LogP contribution in [0.2, 0.25) is 0 Å². The molecule has 1 aliphatic carbocycles. The number of benzene rings is 1. The fourth-order valence-corrected chi connectivity index (χ4v) is 1.79. The molecule has 3 N–H and O–H groups in total. The van der Waals surface area contributed by atoms with Crippen LogP contribution in [0.25, 0.3) is 6.08 Å². The number of primary amides is 1. The zero-order chi connectivity index (χ0) is 13.7. The highest BCUT2D eigenvalue weighted by molar-refractivity contribution is 5.88. The van der Waals surface area contributed by atoms with Crippen molar-refractivity contribution in [2.24, 2.45) is 11.7 Å². The fourth-order valence-electron chi connectivity index (χ4n) is 1.79. The van der Waals surface area contributed by atoms with E-state index < -0.39 is 11.9 Å². The van der Waals surface area contributed by atoms with Crippen LogP contribution < -0.4 is 11.1 Å². The zero-order valence-corrected chi connectivity index (χ0v) is 10.7. The number of carbonyl (C=O) groups is 2. The summed E-state index contributed by atoms with van der Waals surface area (Å²) in [5.41, 5.74) is 6.35. The summed E-state index contributed by atoms with van der Waals surface area (Å²) >= 11 is 0. The summed E-state index contributed by atoms with van der Waals surface area (Å²) in [4.78, 5) is 22.9. The maximum Gasteiger partial charge on any atom is 0.240 e. The van der Waals surface area contributed by atoms with Gasteiger partial charge in [0, 0.05) is 5.92 Å². The highest BCUT2D eigenvalue weighted by Gasteiger charge is 2.31. The van der Waals surface area contributed by atoms with E-state index in [1.54, 1.807) is 0 Å². The Kier molecular flexibility index (Phi) is 4.34. The molecule has 100 valence electrons. The molecule has 0 radical (unpaired) electrons. The number of carbonyl (C=O) groups excluding carboxylic acids is 2. The maximum atomic E-state index is 11.6. The van der Waals surface area contributed by atoms with Crippen LogP contribution in [0.3, 0.4) is 0 Å². The molecule has 0 bridgehead atoms. The third-order valence-electron chi connectivity index (χ3n) is 3.09. The van der Waals surface area contributed by atoms with Crippen molar-refractivity contribution in [3.63, 3.8) is 0 Å². The molecule has 0 unspecified atom stereocenters. The molecule has 2 rings (SSSR count). The summed E-state index contributed by atoms with van der Waals surface area (Å²) in [6.07, 6.45) is 6.02. The van der Waals surface area contributed by atoms with Gasteiger partial charge in [0.1, 0.15) is 6.04 Å². The Morgan fingerprint density at radius 3 is 2.58 bits per heavy atom. The number of hydrogen-bond acceptors (Lipinski definition) is 2. The van der Waals surface area contributed by atoms with Gasteiger partial charge >= 0.3 is 0 Å². The Morgan fingerprint density at radius 1 is 1.32 bits per heavy atom. The van der Waals surface area contributed by atoms with Crippen LogP contribution in [0.5, 0.6) is 0 Å². The molecule has 0 aliphatic heterocycles. The SMILES string of the molecule is NC(=O)[C@H](C/C=C/c1ccccc1)NC(=O)C1CC1. The van der Waals surface area contributed by atoms with Gasteiger partial charge in [-0.2, -0.15) is 0 Å². The van der Waals surface area contributed by atoms with Gasteiger partial charge in [0.25, 0.3) is 0 Å². The average Bonchev–Trinajstić information content (AvgIpc) is 3.22. The van der Waals surface area contributed by atoms with Gasteiger partial charge in [-0.05, 0) is 24.8 Å². The van der Waals surface area contributed by atoms with Crippen LogP contribution in [0.15, 0.2) is 36.4 Å². The Balaban J connectivity index is 1.88. The molecule has 1 aliphatic rings. The minimum Gasteiger partial charge on any atom is -0.368 e. The first-order chi connectivity index (χ1) is 9.16. The summed E-state index contributed by atoms with van der Waals surface area (Å²) in [6.45, 7) is 0. The van der Waals surface area contributed by atoms with Crippen LogP contribution in [0.4, 0.5) is 0 Å². The van der Waals surface area contributed by atoms with Crippen molar-refractivity contribution in [2.45, 2.75) is 25.3 Å². The fraction of sp³-hybridized carbons (Fsp3) is 0.333. The van der Waals surface area contributed by atoms with Crippen molar-refractivity contribution in [1.29, 1.82) is 0 Å². The van der Waals surface area contributed by atoms with Crippen molar-refractivity contribution in [3.05, 3.63) is 42.0 Å². The van der Waals surface area contributed by atoms with Gasteiger partial charge in [0.05, 0.1) is 0 Å². The van der Waals surface area contributed by atoms with Gasteiger partial charge in [-0.25, -0.2) is 0 Å². The van der Waals surface area contributed by atoms with Gasteiger partial charge < -0.3 is 11.1 Å². The van der Waals surface area contributed by atoms with Crippen molar-refractivity contribution in [2.75, 3.05) is 0 Å². The first-order valence-electron chi connectivity index (χ1n) is 6.48. The number of nitrogens with two attached hydrogens (primary N) is 1. The molecular weight excluding hydrogens is 240 g/mol. The molecule has 1 aromatic rings. The van der Waals surface area contributed by atoms with E-state index in [1.165, 1.54) is 0 Å². The number of rotatable bonds is 6. The molecule has 0 heterocycles. The van der Waals surface area contributed by atoms with Crippen LogP contribution >= 0.6 is 0 Å². The van der Waals surface area contributed by atoms with Crippen LogP contribution in [-0.2, 0) is 9.59 Å². The molecule has 19 heavy (non-hydrogen) atoms. The first kappa shape index (κ1) is 13.3. The van der Waals surface area contributed by atoms with Crippen LogP contribution in [-0.4, -0.2) is 17.9 Å². The second-order valence-electron chi connectivity index (χ2n) is 4.79. The molecular formula is C15H18N2O2. The van der Waals surface area contributed by atoms with E-state index in [0.717, 1.165) is 18.4 Å². The number of hydrogen-bond donors (Lipinski definition) is 2. The quantitative estimate of drug-likeness (QED) is 0.811. The highest BCUT2D eigenvalue weighted by Crippen LogP contribution is 2.28. The third kappa shape index (κ3) is 4.25. The molecule has 0 saturated heterocycles. The van der Waals surface area contributed by atoms with E-state index in [9.17, 15) is 9.59 Å². The number of amides is 2. The lowest BCUT2D eigenvalue weighted by Crippen LogP contribution is -2.44. The van der Waals surface area contributed by atoms with Crippen molar-refractivity contribution in [1.82, 2.24) is 5.32 Å². The maximum absolute atomic E-state index is 11.6. The first-order valence-corrected chi connectivity index (χ1v) is 6.48. The second-order valence-corrected chi connectivity index (χ2v) is 4.79. The predicted molar refractivity (Wildman–Crippen MR) is 73.9 cm³/mol. The van der Waals surface area contributed by atoms with E-state index in [4.69, 9.17) is 5.73 Å². The Morgan fingerprint density at radius 2 is 2.00 bits per heavy atom. The minimum absolute atomic E-state index is 0.0584. The van der Waals surface area contributed by atoms with E-state index in [-0.39, 0.29) is 11.8 Å². The smallest absolute Gasteiger partial charge is 0.240 e. The van der Waals surface area contributed by atoms with E-state index in [2.05, 4.69) is 5.32 Å². The molecule has 1 aromatic carbocycles. The molecule has 1 saturated carbocycles. The average molecular weight is 258 g/mol. The largest absolute Gasteiger partial charge is 0.368 e. The standard InChI is InChI=1S/C15H18N2O2/c16-14(18)13(17-15(19)12-9-10-12)8-4-7-11-5-2-1-3-6-11/h1-7,12-13H,8-10H2,(H2,16,18)(H,17,19)/b7-4+/t13-/m0/s1. The van der Waals surface area contributed by atoms with E-state index in [0.29, 0.717) is 6.42 Å². The van der Waals surface area contributed by atoms with Gasteiger partial charge in [0.2, 0.25) is 11.8 Å². The minimum atomic E-state index is -0.618. The van der Waals surface area contributed by atoms with Gasteiger partial charge in [-0.15, -0.1) is 0 Å². The van der Waals surface area contributed by atoms with Crippen molar-refractivity contribution in [3.8, 4) is 0 Å². The van der Waals surface area contributed by atoms with E-state index in [1.807, 2.05) is 42.5 Å². The topological polar surface area (TPSA) is 72.2 Å².